The fraction of sp³-hybridized carbons (Fsp3) is 0.556. The van der Waals surface area contributed by atoms with Crippen molar-refractivity contribution in [2.75, 3.05) is 19.7 Å². The number of thiazole rings is 1. The SMILES string of the molecule is Cc1csc(CN2CCC3(CC2)C[C@@H](Oc2cccnc2)CO3)n1. The third-order valence-electron chi connectivity index (χ3n) is 4.90. The van der Waals surface area contributed by atoms with Crippen LogP contribution >= 0.6 is 11.3 Å². The molecule has 0 unspecified atom stereocenters. The number of likely N-dealkylation sites (tertiary alicyclic amines) is 1. The lowest BCUT2D eigenvalue weighted by molar-refractivity contribution is -0.0454. The second-order valence-corrected chi connectivity index (χ2v) is 7.73. The van der Waals surface area contributed by atoms with Crippen LogP contribution in [0.3, 0.4) is 0 Å². The Labute approximate surface area is 146 Å². The van der Waals surface area contributed by atoms with Crippen molar-refractivity contribution in [3.63, 3.8) is 0 Å². The summed E-state index contributed by atoms with van der Waals surface area (Å²) in [7, 11) is 0. The molecule has 4 rings (SSSR count). The Morgan fingerprint density at radius 1 is 1.42 bits per heavy atom. The van der Waals surface area contributed by atoms with Gasteiger partial charge in [-0.15, -0.1) is 11.3 Å². The van der Waals surface area contributed by atoms with E-state index in [0.29, 0.717) is 6.61 Å². The minimum atomic E-state index is 0.00215. The van der Waals surface area contributed by atoms with E-state index in [1.807, 2.05) is 12.1 Å². The van der Waals surface area contributed by atoms with Crippen LogP contribution in [0.5, 0.6) is 5.75 Å². The molecule has 0 saturated carbocycles. The molecule has 1 atom stereocenters. The zero-order valence-corrected chi connectivity index (χ0v) is 14.8. The summed E-state index contributed by atoms with van der Waals surface area (Å²) in [5.74, 6) is 0.833. The summed E-state index contributed by atoms with van der Waals surface area (Å²) in [6.07, 6.45) is 6.80. The van der Waals surface area contributed by atoms with E-state index in [4.69, 9.17) is 9.47 Å². The number of rotatable bonds is 4. The van der Waals surface area contributed by atoms with Crippen molar-refractivity contribution in [3.8, 4) is 5.75 Å². The fourth-order valence-corrected chi connectivity index (χ4v) is 4.43. The molecular weight excluding hydrogens is 322 g/mol. The zero-order chi connectivity index (χ0) is 16.4. The van der Waals surface area contributed by atoms with Crippen molar-refractivity contribution in [2.45, 2.75) is 44.4 Å². The van der Waals surface area contributed by atoms with Crippen LogP contribution in [-0.4, -0.2) is 46.3 Å². The summed E-state index contributed by atoms with van der Waals surface area (Å²) in [5, 5.41) is 3.34. The molecule has 2 fully saturated rings. The first-order chi connectivity index (χ1) is 11.7. The van der Waals surface area contributed by atoms with Crippen molar-refractivity contribution >= 4 is 11.3 Å². The molecule has 0 aromatic carbocycles. The highest BCUT2D eigenvalue weighted by molar-refractivity contribution is 7.09. The largest absolute Gasteiger partial charge is 0.486 e. The van der Waals surface area contributed by atoms with Gasteiger partial charge in [-0.3, -0.25) is 9.88 Å². The van der Waals surface area contributed by atoms with Gasteiger partial charge >= 0.3 is 0 Å². The minimum absolute atomic E-state index is 0.00215. The Kier molecular flexibility index (Phi) is 4.52. The zero-order valence-electron chi connectivity index (χ0n) is 14.0. The lowest BCUT2D eigenvalue weighted by Gasteiger charge is -2.38. The molecule has 0 N–H and O–H groups in total. The topological polar surface area (TPSA) is 47.5 Å². The molecule has 0 radical (unpaired) electrons. The normalized spacial score (nSPS) is 23.6. The van der Waals surface area contributed by atoms with Crippen molar-refractivity contribution in [1.29, 1.82) is 0 Å². The van der Waals surface area contributed by atoms with Crippen LogP contribution in [0, 0.1) is 6.92 Å². The molecule has 0 amide bonds. The van der Waals surface area contributed by atoms with E-state index in [2.05, 4.69) is 27.2 Å². The fourth-order valence-electron chi connectivity index (χ4n) is 3.62. The van der Waals surface area contributed by atoms with E-state index >= 15 is 0 Å². The molecule has 128 valence electrons. The van der Waals surface area contributed by atoms with Crippen LogP contribution in [0.15, 0.2) is 29.9 Å². The standard InChI is InChI=1S/C18H23N3O2S/c1-14-13-24-17(20-14)11-21-7-4-18(5-8-21)9-16(12-22-18)23-15-3-2-6-19-10-15/h2-3,6,10,13,16H,4-5,7-9,11-12H2,1H3/t16-/m1/s1. The Balaban J connectivity index is 1.29. The molecule has 6 heteroatoms. The first kappa shape index (κ1) is 16.0. The van der Waals surface area contributed by atoms with Crippen LogP contribution < -0.4 is 4.74 Å². The van der Waals surface area contributed by atoms with Gasteiger partial charge in [-0.1, -0.05) is 0 Å². The summed E-state index contributed by atoms with van der Waals surface area (Å²) >= 11 is 1.76. The molecule has 2 aliphatic heterocycles. The van der Waals surface area contributed by atoms with Crippen molar-refractivity contribution < 1.29 is 9.47 Å². The van der Waals surface area contributed by atoms with Gasteiger partial charge in [0.2, 0.25) is 0 Å². The third kappa shape index (κ3) is 3.61. The van der Waals surface area contributed by atoms with Crippen LogP contribution in [0.2, 0.25) is 0 Å². The molecule has 2 aromatic rings. The van der Waals surface area contributed by atoms with Gasteiger partial charge in [0, 0.05) is 36.8 Å². The van der Waals surface area contributed by atoms with Crippen molar-refractivity contribution in [1.82, 2.24) is 14.9 Å². The van der Waals surface area contributed by atoms with Crippen LogP contribution in [0.25, 0.3) is 0 Å². The summed E-state index contributed by atoms with van der Waals surface area (Å²) in [5.41, 5.74) is 1.13. The van der Waals surface area contributed by atoms with Crippen LogP contribution in [0.1, 0.15) is 30.0 Å². The van der Waals surface area contributed by atoms with E-state index in [-0.39, 0.29) is 11.7 Å². The maximum absolute atomic E-state index is 6.18. The van der Waals surface area contributed by atoms with Gasteiger partial charge in [0.15, 0.2) is 0 Å². The summed E-state index contributed by atoms with van der Waals surface area (Å²) in [6.45, 7) is 5.83. The second kappa shape index (κ2) is 6.78. The molecule has 2 aromatic heterocycles. The number of pyridine rings is 1. The van der Waals surface area contributed by atoms with E-state index in [1.54, 1.807) is 23.7 Å². The highest BCUT2D eigenvalue weighted by Gasteiger charge is 2.43. The van der Waals surface area contributed by atoms with E-state index in [9.17, 15) is 0 Å². The highest BCUT2D eigenvalue weighted by Crippen LogP contribution is 2.37. The number of ether oxygens (including phenoxy) is 2. The Bertz CT molecular complexity index is 668. The Morgan fingerprint density at radius 2 is 2.29 bits per heavy atom. The quantitative estimate of drug-likeness (QED) is 0.852. The first-order valence-electron chi connectivity index (χ1n) is 8.55. The average molecular weight is 345 g/mol. The monoisotopic (exact) mass is 345 g/mol. The minimum Gasteiger partial charge on any atom is -0.486 e. The summed E-state index contributed by atoms with van der Waals surface area (Å²) in [6, 6.07) is 3.86. The van der Waals surface area contributed by atoms with Gasteiger partial charge < -0.3 is 9.47 Å². The van der Waals surface area contributed by atoms with Gasteiger partial charge in [-0.25, -0.2) is 4.98 Å². The Morgan fingerprint density at radius 3 is 3.00 bits per heavy atom. The average Bonchev–Trinajstić information content (AvgIpc) is 3.18. The number of piperidine rings is 1. The van der Waals surface area contributed by atoms with E-state index in [1.165, 1.54) is 5.01 Å². The van der Waals surface area contributed by atoms with E-state index < -0.39 is 0 Å². The molecule has 2 aliphatic rings. The molecule has 1 spiro atoms. The molecule has 0 aliphatic carbocycles. The third-order valence-corrected chi connectivity index (χ3v) is 5.86. The molecule has 0 bridgehead atoms. The van der Waals surface area contributed by atoms with Crippen LogP contribution in [0.4, 0.5) is 0 Å². The smallest absolute Gasteiger partial charge is 0.138 e. The number of hydrogen-bond donors (Lipinski definition) is 0. The maximum atomic E-state index is 6.18. The number of hydrogen-bond acceptors (Lipinski definition) is 6. The van der Waals surface area contributed by atoms with Gasteiger partial charge in [-0.05, 0) is 31.9 Å². The van der Waals surface area contributed by atoms with Gasteiger partial charge in [0.1, 0.15) is 16.9 Å². The van der Waals surface area contributed by atoms with Gasteiger partial charge in [-0.2, -0.15) is 0 Å². The van der Waals surface area contributed by atoms with Crippen molar-refractivity contribution in [3.05, 3.63) is 40.6 Å². The van der Waals surface area contributed by atoms with Crippen molar-refractivity contribution in [2.24, 2.45) is 0 Å². The summed E-state index contributed by atoms with van der Waals surface area (Å²) < 4.78 is 12.2. The Hall–Kier alpha value is -1.50. The van der Waals surface area contributed by atoms with Crippen LogP contribution in [-0.2, 0) is 11.3 Å². The molecule has 2 saturated heterocycles. The van der Waals surface area contributed by atoms with Gasteiger partial charge in [0.25, 0.3) is 0 Å². The summed E-state index contributed by atoms with van der Waals surface area (Å²) in [4.78, 5) is 11.2. The number of nitrogens with zero attached hydrogens (tertiary/aromatic N) is 3. The van der Waals surface area contributed by atoms with E-state index in [0.717, 1.165) is 50.3 Å². The number of aryl methyl sites for hydroxylation is 1. The lowest BCUT2D eigenvalue weighted by atomic mass is 9.88. The molecule has 4 heterocycles. The molecular formula is C18H23N3O2S. The second-order valence-electron chi connectivity index (χ2n) is 6.79. The molecule has 5 nitrogen and oxygen atoms in total. The maximum Gasteiger partial charge on any atom is 0.138 e. The van der Waals surface area contributed by atoms with Gasteiger partial charge in [0.05, 0.1) is 24.9 Å². The predicted octanol–water partition coefficient (Wildman–Crippen LogP) is 3.05. The predicted molar refractivity (Wildman–Crippen MR) is 93.3 cm³/mol. The molecule has 24 heavy (non-hydrogen) atoms. The number of aromatic nitrogens is 2. The highest BCUT2D eigenvalue weighted by atomic mass is 32.1. The first-order valence-corrected chi connectivity index (χ1v) is 9.43. The lowest BCUT2D eigenvalue weighted by Crippen LogP contribution is -2.44.